The Morgan fingerprint density at radius 1 is 0.513 bits per heavy atom. The van der Waals surface area contributed by atoms with Gasteiger partial charge in [-0.3, -0.25) is 19.2 Å². The third-order valence-electron chi connectivity index (χ3n) is 5.74. The molecule has 0 unspecified atom stereocenters. The van der Waals surface area contributed by atoms with Crippen LogP contribution in [0.1, 0.15) is 38.8 Å². The minimum atomic E-state index is -1.05. The highest BCUT2D eigenvalue weighted by molar-refractivity contribution is 5.95. The Morgan fingerprint density at radius 3 is 1.18 bits per heavy atom. The summed E-state index contributed by atoms with van der Waals surface area (Å²) in [6, 6.07) is 18.4. The van der Waals surface area contributed by atoms with Gasteiger partial charge in [-0.15, -0.1) is 0 Å². The summed E-state index contributed by atoms with van der Waals surface area (Å²) >= 11 is 0. The van der Waals surface area contributed by atoms with Crippen LogP contribution in [0, 0.1) is 23.7 Å². The van der Waals surface area contributed by atoms with Gasteiger partial charge in [0.2, 0.25) is 0 Å². The first-order chi connectivity index (χ1) is 18.7. The fraction of sp³-hybridized carbons (Fsp3) is 0.467. The molecular formula is C30H38O9. The second kappa shape index (κ2) is 17.0. The van der Waals surface area contributed by atoms with Crippen molar-refractivity contribution in [1.82, 2.24) is 0 Å². The SMILES string of the molecule is CC(C)[C@H](C(=O)OCCOCCOC(=O)[C@@H](C(=O)OCc1ccccc1)C(C)C)C(=O)OCc1ccccc1. The van der Waals surface area contributed by atoms with Crippen molar-refractivity contribution in [3.63, 3.8) is 0 Å². The van der Waals surface area contributed by atoms with Crippen LogP contribution in [0.25, 0.3) is 0 Å². The van der Waals surface area contributed by atoms with Crippen molar-refractivity contribution in [2.45, 2.75) is 40.9 Å². The first-order valence-corrected chi connectivity index (χ1v) is 13.0. The molecule has 39 heavy (non-hydrogen) atoms. The molecule has 0 heterocycles. The maximum absolute atomic E-state index is 12.5. The summed E-state index contributed by atoms with van der Waals surface area (Å²) in [7, 11) is 0. The van der Waals surface area contributed by atoms with E-state index in [-0.39, 0.29) is 51.5 Å². The van der Waals surface area contributed by atoms with Gasteiger partial charge in [0.15, 0.2) is 11.8 Å². The number of hydrogen-bond donors (Lipinski definition) is 0. The highest BCUT2D eigenvalue weighted by Crippen LogP contribution is 2.17. The van der Waals surface area contributed by atoms with E-state index in [0.717, 1.165) is 11.1 Å². The van der Waals surface area contributed by atoms with Gasteiger partial charge in [-0.2, -0.15) is 0 Å². The number of benzene rings is 2. The average Bonchev–Trinajstić information content (AvgIpc) is 2.91. The fourth-order valence-corrected chi connectivity index (χ4v) is 3.60. The number of ether oxygens (including phenoxy) is 5. The smallest absolute Gasteiger partial charge is 0.320 e. The van der Waals surface area contributed by atoms with Crippen LogP contribution < -0.4 is 0 Å². The van der Waals surface area contributed by atoms with Gasteiger partial charge in [0.1, 0.15) is 26.4 Å². The lowest BCUT2D eigenvalue weighted by molar-refractivity contribution is -0.166. The molecule has 0 saturated carbocycles. The van der Waals surface area contributed by atoms with E-state index in [1.807, 2.05) is 60.7 Å². The van der Waals surface area contributed by atoms with Crippen LogP contribution in [-0.4, -0.2) is 50.3 Å². The maximum Gasteiger partial charge on any atom is 0.320 e. The molecule has 0 aliphatic carbocycles. The first-order valence-electron chi connectivity index (χ1n) is 13.0. The standard InChI is InChI=1S/C30H38O9/c1-21(2)25(29(33)38-19-23-11-7-5-8-12-23)27(31)36-17-15-35-16-18-37-28(32)26(22(3)4)30(34)39-20-24-13-9-6-10-14-24/h5-14,21-22,25-26H,15-20H2,1-4H3/t25-,26+. The van der Waals surface area contributed by atoms with E-state index >= 15 is 0 Å². The van der Waals surface area contributed by atoms with Crippen LogP contribution in [0.2, 0.25) is 0 Å². The Morgan fingerprint density at radius 2 is 0.846 bits per heavy atom. The van der Waals surface area contributed by atoms with Gasteiger partial charge in [-0.1, -0.05) is 88.4 Å². The van der Waals surface area contributed by atoms with Gasteiger partial charge >= 0.3 is 23.9 Å². The van der Waals surface area contributed by atoms with E-state index < -0.39 is 35.7 Å². The zero-order valence-electron chi connectivity index (χ0n) is 23.0. The molecule has 9 heteroatoms. The Hall–Kier alpha value is -3.72. The topological polar surface area (TPSA) is 114 Å². The minimum Gasteiger partial charge on any atom is -0.463 e. The molecule has 0 amide bonds. The predicted octanol–water partition coefficient (Wildman–Crippen LogP) is 4.12. The van der Waals surface area contributed by atoms with Crippen LogP contribution in [-0.2, 0) is 56.1 Å². The number of esters is 4. The van der Waals surface area contributed by atoms with Gasteiger partial charge in [0.25, 0.3) is 0 Å². The quantitative estimate of drug-likeness (QED) is 0.134. The molecule has 0 N–H and O–H groups in total. The molecule has 0 fully saturated rings. The molecule has 0 saturated heterocycles. The van der Waals surface area contributed by atoms with Crippen LogP contribution in [0.4, 0.5) is 0 Å². The summed E-state index contributed by atoms with van der Waals surface area (Å²) in [5.74, 6) is -5.39. The van der Waals surface area contributed by atoms with Gasteiger partial charge in [-0.05, 0) is 23.0 Å². The van der Waals surface area contributed by atoms with Crippen molar-refractivity contribution < 1.29 is 42.9 Å². The van der Waals surface area contributed by atoms with Crippen molar-refractivity contribution in [3.8, 4) is 0 Å². The largest absolute Gasteiger partial charge is 0.463 e. The molecule has 0 bridgehead atoms. The number of carbonyl (C=O) groups is 4. The summed E-state index contributed by atoms with van der Waals surface area (Å²) in [6.07, 6.45) is 0. The molecule has 2 atom stereocenters. The third kappa shape index (κ3) is 11.3. The van der Waals surface area contributed by atoms with E-state index in [1.165, 1.54) is 0 Å². The van der Waals surface area contributed by atoms with Gasteiger partial charge in [0.05, 0.1) is 13.2 Å². The molecule has 2 aromatic rings. The Kier molecular flexibility index (Phi) is 13.7. The van der Waals surface area contributed by atoms with Gasteiger partial charge in [-0.25, -0.2) is 0 Å². The monoisotopic (exact) mass is 542 g/mol. The van der Waals surface area contributed by atoms with E-state index in [9.17, 15) is 19.2 Å². The van der Waals surface area contributed by atoms with Gasteiger partial charge < -0.3 is 23.7 Å². The lowest BCUT2D eigenvalue weighted by Gasteiger charge is -2.19. The molecule has 2 aromatic carbocycles. The molecule has 0 spiro atoms. The Bertz CT molecular complexity index is 951. The molecule has 0 aliphatic heterocycles. The van der Waals surface area contributed by atoms with Crippen LogP contribution in [0.15, 0.2) is 60.7 Å². The highest BCUT2D eigenvalue weighted by Gasteiger charge is 2.34. The zero-order valence-corrected chi connectivity index (χ0v) is 23.0. The second-order valence-corrected chi connectivity index (χ2v) is 9.58. The summed E-state index contributed by atoms with van der Waals surface area (Å²) in [4.78, 5) is 49.9. The highest BCUT2D eigenvalue weighted by atomic mass is 16.6. The average molecular weight is 543 g/mol. The van der Waals surface area contributed by atoms with E-state index in [4.69, 9.17) is 23.7 Å². The molecule has 0 radical (unpaired) electrons. The van der Waals surface area contributed by atoms with E-state index in [0.29, 0.717) is 0 Å². The number of carbonyl (C=O) groups excluding carboxylic acids is 4. The number of hydrogen-bond acceptors (Lipinski definition) is 9. The third-order valence-corrected chi connectivity index (χ3v) is 5.74. The van der Waals surface area contributed by atoms with Crippen molar-refractivity contribution in [2.24, 2.45) is 23.7 Å². The summed E-state index contributed by atoms with van der Waals surface area (Å²) in [5, 5.41) is 0. The Balaban J connectivity index is 1.66. The summed E-state index contributed by atoms with van der Waals surface area (Å²) in [6.45, 7) is 7.02. The lowest BCUT2D eigenvalue weighted by atomic mass is 9.96. The predicted molar refractivity (Wildman–Crippen MR) is 142 cm³/mol. The van der Waals surface area contributed by atoms with Crippen LogP contribution >= 0.6 is 0 Å². The summed E-state index contributed by atoms with van der Waals surface area (Å²) < 4.78 is 26.3. The molecule has 9 nitrogen and oxygen atoms in total. The van der Waals surface area contributed by atoms with E-state index in [1.54, 1.807) is 27.7 Å². The van der Waals surface area contributed by atoms with E-state index in [2.05, 4.69) is 0 Å². The van der Waals surface area contributed by atoms with Crippen molar-refractivity contribution >= 4 is 23.9 Å². The zero-order chi connectivity index (χ0) is 28.6. The first kappa shape index (κ1) is 31.5. The normalized spacial score (nSPS) is 12.5. The van der Waals surface area contributed by atoms with Crippen molar-refractivity contribution in [1.29, 1.82) is 0 Å². The number of rotatable bonds is 16. The van der Waals surface area contributed by atoms with Crippen LogP contribution in [0.5, 0.6) is 0 Å². The summed E-state index contributed by atoms with van der Waals surface area (Å²) in [5.41, 5.74) is 1.64. The lowest BCUT2D eigenvalue weighted by Crippen LogP contribution is -2.33. The molecular weight excluding hydrogens is 504 g/mol. The molecule has 2 rings (SSSR count). The second-order valence-electron chi connectivity index (χ2n) is 9.58. The Labute approximate surface area is 229 Å². The van der Waals surface area contributed by atoms with Gasteiger partial charge in [0, 0.05) is 0 Å². The van der Waals surface area contributed by atoms with Crippen molar-refractivity contribution in [3.05, 3.63) is 71.8 Å². The maximum atomic E-state index is 12.5. The molecule has 0 aromatic heterocycles. The molecule has 212 valence electrons. The van der Waals surface area contributed by atoms with Crippen molar-refractivity contribution in [2.75, 3.05) is 26.4 Å². The van der Waals surface area contributed by atoms with Crippen LogP contribution in [0.3, 0.4) is 0 Å². The minimum absolute atomic E-state index is 0.0416. The fourth-order valence-electron chi connectivity index (χ4n) is 3.60. The molecule has 0 aliphatic rings.